The third-order valence-electron chi connectivity index (χ3n) is 19.9. The number of hydrogen-bond donors (Lipinski definition) is 0. The highest BCUT2D eigenvalue weighted by Gasteiger charge is 2.38. The van der Waals surface area contributed by atoms with Crippen LogP contribution in [0.1, 0.15) is 56.1 Å². The molecule has 3 aliphatic heterocycles. The number of thiophene rings is 3. The molecule has 0 radical (unpaired) electrons. The van der Waals surface area contributed by atoms with Gasteiger partial charge >= 0.3 is 39.9 Å². The monoisotopic (exact) mass is 1570 g/mol. The van der Waals surface area contributed by atoms with E-state index in [1.165, 1.54) is 59.8 Å². The van der Waals surface area contributed by atoms with E-state index in [9.17, 15) is 77.1 Å². The number of ketones is 1. The first-order valence-electron chi connectivity index (χ1n) is 35.5. The Morgan fingerprint density at radius 2 is 0.714 bits per heavy atom. The molecule has 25 nitrogen and oxygen atoms in total. The number of hydrogen-bond acceptors (Lipinski definition) is 19. The summed E-state index contributed by atoms with van der Waals surface area (Å²) in [7, 11) is 0. The number of rotatable bonds is 16. The maximum Gasteiger partial charge on any atom is 0.416 e. The van der Waals surface area contributed by atoms with Gasteiger partial charge in [-0.3, -0.25) is 77.6 Å². The van der Waals surface area contributed by atoms with Gasteiger partial charge in [0.15, 0.2) is 5.78 Å². The van der Waals surface area contributed by atoms with Crippen LogP contribution in [0.25, 0.3) is 43.5 Å². The molecule has 0 unspecified atom stereocenters. The topological polar surface area (TPSA) is 283 Å². The predicted octanol–water partition coefficient (Wildman–Crippen LogP) is 14.0. The average Bonchev–Trinajstić information content (AvgIpc) is 0.794. The SMILES string of the molecule is O=C(Cn1c(=O)c([N+](=O)[O-])c(N2CCN(C(=O)c3cccs3)CC2)c2ccccc21)c1ccccc1.O=C(c1cccs1)N1CCN(c2c([N+](=O)[O-])c(=O)n(Cc3ccc(C(F)(F)F)cc3)c3ccccc23)CC1.O=C(c1cccs1)N1CCN(c2c([N+](=O)[O-])c(=O)n(Cc3ccc4ccccc4c3)c3ccccc23)CC1. The number of halogens is 3. The zero-order chi connectivity index (χ0) is 78.5. The van der Waals surface area contributed by atoms with Crippen LogP contribution in [0.15, 0.2) is 237 Å². The molecule has 0 bridgehead atoms. The predicted molar refractivity (Wildman–Crippen MR) is 426 cm³/mol. The van der Waals surface area contributed by atoms with E-state index in [2.05, 4.69) is 0 Å². The normalized spacial score (nSPS) is 13.9. The Morgan fingerprint density at radius 3 is 1.09 bits per heavy atom. The summed E-state index contributed by atoms with van der Waals surface area (Å²) in [6.07, 6.45) is -4.50. The Labute approximate surface area is 646 Å². The first-order chi connectivity index (χ1) is 54.1. The van der Waals surface area contributed by atoms with Crippen LogP contribution in [0.4, 0.5) is 47.3 Å². The molecule has 0 saturated carbocycles. The molecule has 3 fully saturated rings. The molecule has 0 spiro atoms. The Bertz CT molecular complexity index is 5960. The molecule has 0 N–H and O–H groups in total. The van der Waals surface area contributed by atoms with Gasteiger partial charge in [-0.05, 0) is 92.6 Å². The second-order valence-electron chi connectivity index (χ2n) is 26.5. The second-order valence-corrected chi connectivity index (χ2v) is 29.4. The molecular formula is C81H67F3N12O13S3. The maximum absolute atomic E-state index is 13.7. The van der Waals surface area contributed by atoms with Crippen molar-refractivity contribution >= 4 is 135 Å². The van der Waals surface area contributed by atoms with Gasteiger partial charge in [0.1, 0.15) is 17.1 Å². The van der Waals surface area contributed by atoms with E-state index in [1.54, 1.807) is 128 Å². The van der Waals surface area contributed by atoms with Crippen molar-refractivity contribution in [2.75, 3.05) is 93.2 Å². The maximum atomic E-state index is 13.7. The number of carbonyl (C=O) groups excluding carboxylic acids is 4. The summed E-state index contributed by atoms with van der Waals surface area (Å²) in [5.41, 5.74) is -0.755. The molecule has 16 rings (SSSR count). The molecule has 112 heavy (non-hydrogen) atoms. The van der Waals surface area contributed by atoms with Gasteiger partial charge in [0.2, 0.25) is 0 Å². The van der Waals surface area contributed by atoms with Gasteiger partial charge in [-0.1, -0.05) is 152 Å². The van der Waals surface area contributed by atoms with Gasteiger partial charge in [-0.2, -0.15) is 13.2 Å². The van der Waals surface area contributed by atoms with E-state index in [0.29, 0.717) is 143 Å². The Morgan fingerprint density at radius 1 is 0.375 bits per heavy atom. The molecule has 9 heterocycles. The highest BCUT2D eigenvalue weighted by Crippen LogP contribution is 2.39. The number of amides is 3. The van der Waals surface area contributed by atoms with Crippen LogP contribution in [0.3, 0.4) is 0 Å². The van der Waals surface area contributed by atoms with Gasteiger partial charge in [0.25, 0.3) is 17.7 Å². The lowest BCUT2D eigenvalue weighted by molar-refractivity contribution is -0.385. The molecule has 3 amide bonds. The number of nitrogens with zero attached hydrogens (tertiary/aromatic N) is 12. The van der Waals surface area contributed by atoms with Gasteiger partial charge < -0.3 is 29.4 Å². The Balaban J connectivity index is 0.000000140. The molecule has 6 aromatic heterocycles. The summed E-state index contributed by atoms with van der Waals surface area (Å²) in [4.78, 5) is 139. The van der Waals surface area contributed by atoms with Crippen molar-refractivity contribution in [3.63, 3.8) is 0 Å². The number of pyridine rings is 3. The number of fused-ring (bicyclic) bond motifs is 4. The van der Waals surface area contributed by atoms with Crippen LogP contribution in [-0.4, -0.2) is 145 Å². The standard InChI is InChI=1S/C29H24N4O4S.C26H21F3N4O4S.C26H22N4O5S/c34-28(25-10-5-17-38-25)31-15-13-30(14-16-31)26-23-8-3-4-9-24(23)32(29(35)27(26)33(36)37)19-20-11-12-21-6-1-2-7-22(21)18-20;27-26(28,29)18-9-7-17(8-10-18)16-32-20-5-2-1-4-19(20)22(23(25(32)35)33(36)37)30-11-13-31(14-12-30)24(34)21-6-3-15-38-21;31-21(18-7-2-1-3-8-18)17-29-20-10-5-4-9-19(20)23(24(26(29)33)30(34)35)27-12-14-28(15-13-27)25(32)22-11-6-16-36-22/h1-12,17-18H,13-16,19H2;1-10,15H,11-14,16H2;1-11,16H,12-15,17H2. The first kappa shape index (κ1) is 75.8. The van der Waals surface area contributed by atoms with E-state index in [-0.39, 0.29) is 54.5 Å². The van der Waals surface area contributed by atoms with E-state index in [4.69, 9.17) is 0 Å². The fraction of sp³-hybridized carbons (Fsp3) is 0.198. The number of carbonyl (C=O) groups is 4. The van der Waals surface area contributed by atoms with Gasteiger partial charge in [-0.25, -0.2) is 0 Å². The number of aromatic nitrogens is 3. The summed E-state index contributed by atoms with van der Waals surface area (Å²) < 4.78 is 42.8. The smallest absolute Gasteiger partial charge is 0.362 e. The summed E-state index contributed by atoms with van der Waals surface area (Å²) >= 11 is 4.11. The molecule has 3 aliphatic rings. The lowest BCUT2D eigenvalue weighted by atomic mass is 10.1. The lowest BCUT2D eigenvalue weighted by Crippen LogP contribution is -2.49. The zero-order valence-corrected chi connectivity index (χ0v) is 62.0. The summed E-state index contributed by atoms with van der Waals surface area (Å²) in [5, 5.41) is 46.0. The third-order valence-corrected chi connectivity index (χ3v) is 22.5. The van der Waals surface area contributed by atoms with E-state index in [1.807, 2.05) is 99.9 Å². The molecule has 0 atom stereocenters. The van der Waals surface area contributed by atoms with Crippen molar-refractivity contribution < 1.29 is 47.1 Å². The number of alkyl halides is 3. The molecular weight excluding hydrogens is 1500 g/mol. The van der Waals surface area contributed by atoms with Crippen LogP contribution in [0.5, 0.6) is 0 Å². The van der Waals surface area contributed by atoms with Crippen molar-refractivity contribution in [1.29, 1.82) is 0 Å². The highest BCUT2D eigenvalue weighted by atomic mass is 32.1. The van der Waals surface area contributed by atoms with Gasteiger partial charge in [0.05, 0.1) is 71.1 Å². The zero-order valence-electron chi connectivity index (χ0n) is 59.5. The number of para-hydroxylation sites is 3. The summed E-state index contributed by atoms with van der Waals surface area (Å²) in [6, 6.07) is 58.6. The van der Waals surface area contributed by atoms with Gasteiger partial charge in [-0.15, -0.1) is 34.0 Å². The van der Waals surface area contributed by atoms with Crippen molar-refractivity contribution in [3.8, 4) is 0 Å². The Kier molecular flexibility index (Phi) is 22.1. The average molecular weight is 1570 g/mol. The minimum atomic E-state index is -4.50. The van der Waals surface area contributed by atoms with Gasteiger partial charge in [0, 0.05) is 100 Å². The fourth-order valence-electron chi connectivity index (χ4n) is 14.5. The summed E-state index contributed by atoms with van der Waals surface area (Å²) in [5.74, 6) is -0.528. The highest BCUT2D eigenvalue weighted by molar-refractivity contribution is 7.12. The van der Waals surface area contributed by atoms with Crippen LogP contribution in [0, 0.1) is 30.3 Å². The van der Waals surface area contributed by atoms with Crippen LogP contribution >= 0.6 is 34.0 Å². The third kappa shape index (κ3) is 15.7. The minimum Gasteiger partial charge on any atom is -0.362 e. The lowest BCUT2D eigenvalue weighted by Gasteiger charge is -2.36. The second kappa shape index (κ2) is 32.7. The van der Waals surface area contributed by atoms with Crippen LogP contribution in [0.2, 0.25) is 0 Å². The first-order valence-corrected chi connectivity index (χ1v) is 38.1. The Hall–Kier alpha value is -13.0. The largest absolute Gasteiger partial charge is 0.416 e. The minimum absolute atomic E-state index is 0.0372. The fourth-order valence-corrected chi connectivity index (χ4v) is 16.6. The summed E-state index contributed by atoms with van der Waals surface area (Å²) in [6.45, 7) is 4.08. The van der Waals surface area contributed by atoms with Crippen molar-refractivity contribution in [3.05, 3.63) is 321 Å². The molecule has 568 valence electrons. The van der Waals surface area contributed by atoms with E-state index in [0.717, 1.165) is 28.5 Å². The van der Waals surface area contributed by atoms with Crippen LogP contribution < -0.4 is 31.4 Å². The molecule has 13 aromatic rings. The molecule has 31 heteroatoms. The van der Waals surface area contributed by atoms with Crippen molar-refractivity contribution in [1.82, 2.24) is 28.4 Å². The quantitative estimate of drug-likeness (QED) is 0.0493. The molecule has 3 saturated heterocycles. The number of benzene rings is 7. The number of Topliss-reactive ketones (excluding diaryl/α,β-unsaturated/α-hetero) is 1. The van der Waals surface area contributed by atoms with Crippen LogP contribution in [-0.2, 0) is 25.8 Å². The number of piperazine rings is 3. The molecule has 7 aromatic carbocycles. The van der Waals surface area contributed by atoms with E-state index < -0.39 is 60.2 Å². The van der Waals surface area contributed by atoms with Crippen molar-refractivity contribution in [2.45, 2.75) is 25.8 Å². The number of nitro groups is 3. The van der Waals surface area contributed by atoms with E-state index >= 15 is 0 Å². The molecule has 0 aliphatic carbocycles. The van der Waals surface area contributed by atoms with Crippen molar-refractivity contribution in [2.24, 2.45) is 0 Å². The number of anilines is 3.